The fourth-order valence-electron chi connectivity index (χ4n) is 2.17. The Morgan fingerprint density at radius 2 is 1.92 bits per heavy atom. The van der Waals surface area contributed by atoms with Crippen LogP contribution in [0.3, 0.4) is 0 Å². The standard InChI is InChI=1S/C14H9N2O5PS.2Na/c1-21-14(18)10-7-23-13(15-10)12(17)9-6-16(22(19)20)11-5-3-2-4-8(9)11;;/h2-7H,1H3;;/q-2;2*+1. The average Bonchev–Trinajstić information content (AvgIpc) is 3.18. The smallest absolute Gasteiger partial charge is 0.825 e. The minimum atomic E-state index is -2.90. The number of rotatable bonds is 4. The van der Waals surface area contributed by atoms with E-state index < -0.39 is 20.3 Å². The van der Waals surface area contributed by atoms with Gasteiger partial charge in [0.05, 0.1) is 12.7 Å². The fourth-order valence-corrected chi connectivity index (χ4v) is 3.47. The van der Waals surface area contributed by atoms with Gasteiger partial charge in [-0.3, -0.25) is 4.79 Å². The van der Waals surface area contributed by atoms with Crippen molar-refractivity contribution in [3.05, 3.63) is 52.1 Å². The zero-order valence-corrected chi connectivity index (χ0v) is 19.5. The Balaban J connectivity index is 0.00000156. The summed E-state index contributed by atoms with van der Waals surface area (Å²) in [5.74, 6) is -1.08. The molecule has 3 aromatic rings. The molecule has 0 spiro atoms. The van der Waals surface area contributed by atoms with E-state index >= 15 is 0 Å². The molecule has 2 aromatic heterocycles. The molecule has 0 atom stereocenters. The first kappa shape index (κ1) is 22.9. The van der Waals surface area contributed by atoms with Crippen LogP contribution in [0.2, 0.25) is 0 Å². The summed E-state index contributed by atoms with van der Waals surface area (Å²) < 4.78 is 5.57. The van der Waals surface area contributed by atoms with Crippen LogP contribution in [-0.4, -0.2) is 28.2 Å². The Morgan fingerprint density at radius 1 is 1.24 bits per heavy atom. The van der Waals surface area contributed by atoms with Crippen molar-refractivity contribution in [2.24, 2.45) is 0 Å². The van der Waals surface area contributed by atoms with Gasteiger partial charge in [-0.25, -0.2) is 9.78 Å². The first-order valence-electron chi connectivity index (χ1n) is 6.36. The maximum absolute atomic E-state index is 12.6. The summed E-state index contributed by atoms with van der Waals surface area (Å²) in [5, 5.41) is 2.02. The van der Waals surface area contributed by atoms with Crippen LogP contribution in [0.5, 0.6) is 0 Å². The quantitative estimate of drug-likeness (QED) is 0.190. The topological polar surface area (TPSA) is 107 Å². The molecule has 7 nitrogen and oxygen atoms in total. The van der Waals surface area contributed by atoms with Crippen molar-refractivity contribution in [1.82, 2.24) is 9.32 Å². The van der Waals surface area contributed by atoms with Gasteiger partial charge in [0, 0.05) is 22.5 Å². The molecular formula is C14H9N2Na2O5PS. The van der Waals surface area contributed by atoms with Crippen LogP contribution < -0.4 is 68.9 Å². The molecule has 25 heavy (non-hydrogen) atoms. The summed E-state index contributed by atoms with van der Waals surface area (Å²) in [4.78, 5) is 50.6. The van der Waals surface area contributed by atoms with Gasteiger partial charge in [-0.2, -0.15) is 8.53 Å². The van der Waals surface area contributed by atoms with Crippen molar-refractivity contribution >= 4 is 42.5 Å². The molecule has 0 aliphatic heterocycles. The van der Waals surface area contributed by atoms with Gasteiger partial charge in [-0.1, -0.05) is 18.2 Å². The second-order valence-electron chi connectivity index (χ2n) is 4.50. The molecule has 3 rings (SSSR count). The van der Waals surface area contributed by atoms with E-state index in [0.717, 1.165) is 15.7 Å². The Labute approximate surface area is 192 Å². The molecule has 11 heteroatoms. The Bertz CT molecular complexity index is 912. The van der Waals surface area contributed by atoms with Crippen molar-refractivity contribution in [3.63, 3.8) is 0 Å². The third kappa shape index (κ3) is 4.59. The minimum Gasteiger partial charge on any atom is -0.825 e. The maximum atomic E-state index is 12.6. The Morgan fingerprint density at radius 3 is 2.56 bits per heavy atom. The predicted molar refractivity (Wildman–Crippen MR) is 81.1 cm³/mol. The fraction of sp³-hybridized carbons (Fsp3) is 0.0714. The Kier molecular flexibility index (Phi) is 8.90. The van der Waals surface area contributed by atoms with Crippen LogP contribution in [-0.2, 0) is 4.74 Å². The van der Waals surface area contributed by atoms with Gasteiger partial charge in [-0.15, -0.1) is 11.3 Å². The van der Waals surface area contributed by atoms with Crippen LogP contribution in [0.15, 0.2) is 35.8 Å². The minimum absolute atomic E-state index is 0. The van der Waals surface area contributed by atoms with Crippen LogP contribution in [0.25, 0.3) is 10.9 Å². The summed E-state index contributed by atoms with van der Waals surface area (Å²) >= 11 is 1.00. The normalized spacial score (nSPS) is 10.2. The average molecular weight is 394 g/mol. The van der Waals surface area contributed by atoms with E-state index in [1.807, 2.05) is 0 Å². The number of carbonyl (C=O) groups excluding carboxylic acids is 2. The van der Waals surface area contributed by atoms with Gasteiger partial charge in [0.2, 0.25) is 5.78 Å². The number of fused-ring (bicyclic) bond motifs is 1. The molecule has 0 bridgehead atoms. The number of para-hydroxylation sites is 1. The largest absolute Gasteiger partial charge is 1.00 e. The third-order valence-electron chi connectivity index (χ3n) is 3.21. The van der Waals surface area contributed by atoms with E-state index in [1.54, 1.807) is 24.3 Å². The van der Waals surface area contributed by atoms with E-state index in [2.05, 4.69) is 9.72 Å². The number of thiazole rings is 1. The van der Waals surface area contributed by atoms with Gasteiger partial charge < -0.3 is 18.9 Å². The van der Waals surface area contributed by atoms with Crippen LogP contribution >= 0.6 is 19.9 Å². The molecule has 0 N–H and O–H groups in total. The van der Waals surface area contributed by atoms with Gasteiger partial charge in [0.15, 0.2) is 10.7 Å². The first-order chi connectivity index (χ1) is 11.0. The van der Waals surface area contributed by atoms with Gasteiger partial charge in [0.1, 0.15) is 0 Å². The van der Waals surface area contributed by atoms with E-state index in [4.69, 9.17) is 0 Å². The van der Waals surface area contributed by atoms with Gasteiger partial charge >= 0.3 is 65.1 Å². The summed E-state index contributed by atoms with van der Waals surface area (Å²) in [5.41, 5.74) is 0.668. The number of hydrogen-bond donors (Lipinski definition) is 0. The van der Waals surface area contributed by atoms with Crippen molar-refractivity contribution in [1.29, 1.82) is 0 Å². The number of hydrogen-bond acceptors (Lipinski definition) is 7. The second-order valence-corrected chi connectivity index (χ2v) is 6.27. The molecule has 0 saturated carbocycles. The number of benzene rings is 1. The van der Waals surface area contributed by atoms with Crippen molar-refractivity contribution in [2.45, 2.75) is 0 Å². The van der Waals surface area contributed by atoms with E-state index in [1.165, 1.54) is 18.7 Å². The van der Waals surface area contributed by atoms with Crippen LogP contribution in [0, 0.1) is 0 Å². The molecule has 0 fully saturated rings. The molecular weight excluding hydrogens is 385 g/mol. The molecule has 118 valence electrons. The molecule has 0 amide bonds. The van der Waals surface area contributed by atoms with Crippen molar-refractivity contribution < 1.29 is 83.2 Å². The van der Waals surface area contributed by atoms with Crippen molar-refractivity contribution in [2.75, 3.05) is 7.11 Å². The first-order valence-corrected chi connectivity index (χ1v) is 8.37. The molecule has 2 heterocycles. The molecule has 0 aliphatic rings. The number of esters is 1. The number of nitrogens with zero attached hydrogens (tertiary/aromatic N) is 2. The van der Waals surface area contributed by atoms with Crippen LogP contribution in [0.4, 0.5) is 0 Å². The maximum Gasteiger partial charge on any atom is 1.00 e. The monoisotopic (exact) mass is 394 g/mol. The predicted octanol–water partition coefficient (Wildman–Crippen LogP) is -5.08. The molecule has 0 radical (unpaired) electrons. The summed E-state index contributed by atoms with van der Waals surface area (Å²) in [6.45, 7) is 0. The third-order valence-corrected chi connectivity index (χ3v) is 4.73. The zero-order valence-electron chi connectivity index (χ0n) is 13.8. The zero-order chi connectivity index (χ0) is 16.6. The number of ketones is 1. The van der Waals surface area contributed by atoms with E-state index in [0.29, 0.717) is 10.9 Å². The Hall–Kier alpha value is -0.120. The molecule has 1 aromatic carbocycles. The number of ether oxygens (including phenoxy) is 1. The second kappa shape index (κ2) is 9.71. The van der Waals surface area contributed by atoms with Gasteiger partial charge in [0.25, 0.3) is 0 Å². The van der Waals surface area contributed by atoms with E-state index in [-0.39, 0.29) is 75.4 Å². The van der Waals surface area contributed by atoms with E-state index in [9.17, 15) is 19.4 Å². The summed E-state index contributed by atoms with van der Waals surface area (Å²) in [7, 11) is -1.68. The summed E-state index contributed by atoms with van der Waals surface area (Å²) in [6, 6.07) is 6.67. The number of methoxy groups -OCH3 is 1. The van der Waals surface area contributed by atoms with Crippen molar-refractivity contribution in [3.8, 4) is 0 Å². The summed E-state index contributed by atoms with van der Waals surface area (Å²) in [6.07, 6.45) is 1.26. The number of carbonyl (C=O) groups is 2. The van der Waals surface area contributed by atoms with Crippen LogP contribution in [0.1, 0.15) is 25.9 Å². The SMILES string of the molecule is COC(=O)c1csc(C(=O)c2cn(P([O-])[O-])c3ccccc23)n1.[Na+].[Na+]. The van der Waals surface area contributed by atoms with Gasteiger partial charge in [-0.05, 0) is 6.07 Å². The molecule has 0 aliphatic carbocycles. The molecule has 0 saturated heterocycles. The number of aromatic nitrogens is 2. The molecule has 0 unspecified atom stereocenters.